The van der Waals surface area contributed by atoms with Gasteiger partial charge < -0.3 is 51.2 Å². The van der Waals surface area contributed by atoms with Gasteiger partial charge in [0, 0.05) is 13.2 Å². The average molecular weight is 1160 g/mol. The van der Waals surface area contributed by atoms with Gasteiger partial charge in [-0.1, -0.05) is 140 Å². The molecule has 0 spiro atoms. The number of carbonyl (C=O) groups excluding carboxylic acids is 6. The number of likely N-dealkylation sites (N-methyl/N-ethyl adjacent to an activating group) is 2. The standard InChI is InChI=1S/C58H90N8O8S2.2ClH/c1-39(59-7)51(67)61-43-29-33-75-47-35-57(3,4)49(65(47)55(43)71)53(69)63-45(41-25-19-17-20-26-41)37-73-31-23-15-13-11-9-10-12-14-16-24-32-74-38-46(42-27-21-18-22-28-42)64-54(70)50-58(5,6)36-48-66(50)56(72)44(30-34-76-48)62-52(68)40(2)60-8;;/h17-22,25-28,39-40,43-50,59-60H,9-16,23-24,29-38H2,1-8H3,(H,61,67)(H,62,68)(H,63,69)(H,64,70);2*1H/t39?,40?,43-,44-,45?,46?,47-,48-,49+,50+;;/m0../s1. The quantitative estimate of drug-likeness (QED) is 0.0432. The molecule has 4 unspecified atom stereocenters. The molecule has 6 amide bonds. The van der Waals surface area contributed by atoms with E-state index in [1.807, 2.05) is 60.7 Å². The van der Waals surface area contributed by atoms with E-state index in [-0.39, 0.29) is 83.1 Å². The van der Waals surface area contributed by atoms with Gasteiger partial charge in [-0.25, -0.2) is 0 Å². The van der Waals surface area contributed by atoms with Crippen LogP contribution in [0.1, 0.15) is 155 Å². The summed E-state index contributed by atoms with van der Waals surface area (Å²) in [4.78, 5) is 86.0. The maximum absolute atomic E-state index is 14.3. The van der Waals surface area contributed by atoms with Crippen molar-refractivity contribution < 1.29 is 38.2 Å². The Morgan fingerprint density at radius 3 is 1.23 bits per heavy atom. The fourth-order valence-electron chi connectivity index (χ4n) is 11.1. The van der Waals surface area contributed by atoms with Crippen molar-refractivity contribution in [3.05, 3.63) is 71.8 Å². The molecular weight excluding hydrogens is 1070 g/mol. The predicted octanol–water partition coefficient (Wildman–Crippen LogP) is 7.84. The zero-order valence-electron chi connectivity index (χ0n) is 47.5. The van der Waals surface area contributed by atoms with Crippen molar-refractivity contribution in [2.45, 2.75) is 191 Å². The first kappa shape index (κ1) is 66.9. The molecule has 6 N–H and O–H groups in total. The monoisotopic (exact) mass is 1160 g/mol. The molecule has 10 atom stereocenters. The number of nitrogens with one attached hydrogen (secondary N) is 6. The van der Waals surface area contributed by atoms with Gasteiger partial charge in [-0.3, -0.25) is 28.8 Å². The van der Waals surface area contributed by atoms with Crippen LogP contribution in [-0.2, 0) is 38.2 Å². The number of hydrogen-bond acceptors (Lipinski definition) is 12. The normalized spacial score (nSPS) is 23.9. The SMILES string of the molecule is CNC(C)C(=O)N[C@H]1CCS[C@H]2CC(C)(C)[C@@H](C(=O)NC(COCCCCCCCCCCCCOCC(NC(=O)[C@H]3N4C(=O)[C@@H](NC(=O)C(C)NC)CCS[C@H]4CC3(C)C)c3ccccc3)c3ccccc3)N2C1=O.Cl.Cl. The smallest absolute Gasteiger partial charge is 0.246 e. The number of carbonyl (C=O) groups is 6. The molecule has 0 bridgehead atoms. The van der Waals surface area contributed by atoms with Crippen molar-refractivity contribution in [2.75, 3.05) is 52.0 Å². The van der Waals surface area contributed by atoms with Crippen molar-refractivity contribution in [1.29, 1.82) is 0 Å². The summed E-state index contributed by atoms with van der Waals surface area (Å²) >= 11 is 3.38. The summed E-state index contributed by atoms with van der Waals surface area (Å²) in [6.45, 7) is 13.6. The molecule has 2 aromatic carbocycles. The lowest BCUT2D eigenvalue weighted by molar-refractivity contribution is -0.144. The highest BCUT2D eigenvalue weighted by Crippen LogP contribution is 2.48. The van der Waals surface area contributed by atoms with Crippen LogP contribution in [0.3, 0.4) is 0 Å². The summed E-state index contributed by atoms with van der Waals surface area (Å²) in [6.07, 6.45) is 13.5. The summed E-state index contributed by atoms with van der Waals surface area (Å²) in [5, 5.41) is 18.0. The van der Waals surface area contributed by atoms with Gasteiger partial charge in [0.2, 0.25) is 35.4 Å². The first-order valence-corrected chi connectivity index (χ1v) is 30.3. The lowest BCUT2D eigenvalue weighted by Crippen LogP contribution is -2.58. The minimum absolute atomic E-state index is 0. The minimum atomic E-state index is -0.687. The van der Waals surface area contributed by atoms with Crippen LogP contribution in [0.15, 0.2) is 60.7 Å². The Balaban J connectivity index is 0.00000656. The third kappa shape index (κ3) is 18.4. The first-order chi connectivity index (χ1) is 36.5. The molecular formula is C58H92Cl2N8O8S2. The summed E-state index contributed by atoms with van der Waals surface area (Å²) in [6, 6.07) is 15.4. The molecule has 438 valence electrons. The molecule has 0 radical (unpaired) electrons. The van der Waals surface area contributed by atoms with E-state index in [1.54, 1.807) is 61.3 Å². The van der Waals surface area contributed by atoms with E-state index in [4.69, 9.17) is 9.47 Å². The number of rotatable bonds is 29. The highest BCUT2D eigenvalue weighted by atomic mass is 35.5. The number of hydrogen-bond donors (Lipinski definition) is 6. The van der Waals surface area contributed by atoms with Crippen molar-refractivity contribution in [3.63, 3.8) is 0 Å². The molecule has 0 saturated carbocycles. The predicted molar refractivity (Wildman–Crippen MR) is 318 cm³/mol. The van der Waals surface area contributed by atoms with Gasteiger partial charge in [0.15, 0.2) is 0 Å². The summed E-state index contributed by atoms with van der Waals surface area (Å²) in [7, 11) is 3.43. The Kier molecular flexibility index (Phi) is 28.1. The number of nitrogens with zero attached hydrogens (tertiary/aromatic N) is 2. The molecule has 2 aromatic rings. The van der Waals surface area contributed by atoms with Crippen LogP contribution in [0.5, 0.6) is 0 Å². The van der Waals surface area contributed by atoms with Gasteiger partial charge in [-0.15, -0.1) is 48.3 Å². The Labute approximate surface area is 486 Å². The summed E-state index contributed by atoms with van der Waals surface area (Å²) in [5.41, 5.74) is 0.968. The molecule has 0 aromatic heterocycles. The Hall–Kier alpha value is -3.62. The van der Waals surface area contributed by atoms with Crippen LogP contribution < -0.4 is 31.9 Å². The third-order valence-corrected chi connectivity index (χ3v) is 18.3. The van der Waals surface area contributed by atoms with Gasteiger partial charge >= 0.3 is 0 Å². The maximum Gasteiger partial charge on any atom is 0.246 e. The number of thioether (sulfide) groups is 2. The van der Waals surface area contributed by atoms with Gasteiger partial charge in [0.05, 0.1) is 48.1 Å². The maximum atomic E-state index is 14.3. The molecule has 0 aliphatic carbocycles. The Morgan fingerprint density at radius 2 is 0.897 bits per heavy atom. The Morgan fingerprint density at radius 1 is 0.564 bits per heavy atom. The molecule has 20 heteroatoms. The van der Waals surface area contributed by atoms with E-state index < -0.39 is 47.1 Å². The van der Waals surface area contributed by atoms with E-state index >= 15 is 0 Å². The van der Waals surface area contributed by atoms with E-state index in [0.717, 1.165) is 49.7 Å². The second kappa shape index (κ2) is 32.7. The van der Waals surface area contributed by atoms with Crippen LogP contribution in [0.25, 0.3) is 0 Å². The van der Waals surface area contributed by atoms with E-state index in [0.29, 0.717) is 63.6 Å². The molecule has 4 aliphatic heterocycles. The second-order valence-corrected chi connectivity index (χ2v) is 25.3. The molecule has 4 aliphatic rings. The fourth-order valence-corrected chi connectivity index (χ4v) is 14.3. The highest BCUT2D eigenvalue weighted by Gasteiger charge is 2.56. The lowest BCUT2D eigenvalue weighted by atomic mass is 9.83. The molecule has 16 nitrogen and oxygen atoms in total. The topological polar surface area (TPSA) is 200 Å². The van der Waals surface area contributed by atoms with Gasteiger partial charge in [0.25, 0.3) is 0 Å². The minimum Gasteiger partial charge on any atom is -0.379 e. The third-order valence-electron chi connectivity index (χ3n) is 15.8. The summed E-state index contributed by atoms with van der Waals surface area (Å²) in [5.74, 6) is 0.173. The number of ether oxygens (including phenoxy) is 2. The van der Waals surface area contributed by atoms with Crippen molar-refractivity contribution >= 4 is 83.8 Å². The van der Waals surface area contributed by atoms with Crippen molar-refractivity contribution in [2.24, 2.45) is 10.8 Å². The van der Waals surface area contributed by atoms with E-state index in [1.165, 1.54) is 25.7 Å². The zero-order valence-corrected chi connectivity index (χ0v) is 50.7. The van der Waals surface area contributed by atoms with Crippen LogP contribution in [0.4, 0.5) is 0 Å². The van der Waals surface area contributed by atoms with Crippen LogP contribution >= 0.6 is 48.3 Å². The van der Waals surface area contributed by atoms with Crippen molar-refractivity contribution in [3.8, 4) is 0 Å². The number of benzene rings is 2. The number of halogens is 2. The summed E-state index contributed by atoms with van der Waals surface area (Å²) < 4.78 is 12.5. The molecule has 4 heterocycles. The number of fused-ring (bicyclic) bond motifs is 2. The van der Waals surface area contributed by atoms with Gasteiger partial charge in [-0.2, -0.15) is 0 Å². The molecule has 6 rings (SSSR count). The molecule has 4 fully saturated rings. The van der Waals surface area contributed by atoms with Crippen LogP contribution in [0.2, 0.25) is 0 Å². The Bertz CT molecular complexity index is 2050. The molecule has 78 heavy (non-hydrogen) atoms. The second-order valence-electron chi connectivity index (χ2n) is 22.7. The van der Waals surface area contributed by atoms with Crippen LogP contribution in [0, 0.1) is 10.8 Å². The molecule has 4 saturated heterocycles. The van der Waals surface area contributed by atoms with Gasteiger partial charge in [-0.05, 0) is 99.9 Å². The number of unbranched alkanes of at least 4 members (excludes halogenated alkanes) is 9. The van der Waals surface area contributed by atoms with Gasteiger partial charge in [0.1, 0.15) is 24.2 Å². The average Bonchev–Trinajstić information content (AvgIpc) is 3.74. The fraction of sp³-hybridized carbons (Fsp3) is 0.690. The highest BCUT2D eigenvalue weighted by molar-refractivity contribution is 8.00. The van der Waals surface area contributed by atoms with Crippen molar-refractivity contribution in [1.82, 2.24) is 41.7 Å². The largest absolute Gasteiger partial charge is 0.379 e. The van der Waals surface area contributed by atoms with Crippen LogP contribution in [-0.4, -0.2) is 144 Å². The lowest BCUT2D eigenvalue weighted by Gasteiger charge is -2.35. The van der Waals surface area contributed by atoms with E-state index in [2.05, 4.69) is 59.6 Å². The van der Waals surface area contributed by atoms with E-state index in [9.17, 15) is 28.8 Å². The first-order valence-electron chi connectivity index (χ1n) is 28.2. The zero-order chi connectivity index (χ0) is 54.8. The number of amides is 6.